The molecule has 0 amide bonds. The number of hydrogen-bond donors (Lipinski definition) is 4. The largest absolute Gasteiger partial charge is 0.479 e. The second-order valence-electron chi connectivity index (χ2n) is 5.09. The van der Waals surface area contributed by atoms with Crippen molar-refractivity contribution in [2.24, 2.45) is 0 Å². The van der Waals surface area contributed by atoms with Crippen LogP contribution in [0.15, 0.2) is 0 Å². The van der Waals surface area contributed by atoms with Gasteiger partial charge in [-0.05, 0) is 6.42 Å². The molecule has 3 unspecified atom stereocenters. The predicted molar refractivity (Wildman–Crippen MR) is 75.0 cm³/mol. The maximum Gasteiger partial charge on any atom is 0.336 e. The van der Waals surface area contributed by atoms with Crippen molar-refractivity contribution in [1.29, 1.82) is 0 Å². The highest BCUT2D eigenvalue weighted by molar-refractivity contribution is 5.83. The van der Waals surface area contributed by atoms with Gasteiger partial charge in [-0.25, -0.2) is 9.59 Å². The molecule has 4 N–H and O–H groups in total. The van der Waals surface area contributed by atoms with Crippen LogP contribution < -0.4 is 0 Å². The van der Waals surface area contributed by atoms with Gasteiger partial charge in [-0.3, -0.25) is 0 Å². The Hall–Kier alpha value is -1.18. The van der Waals surface area contributed by atoms with Crippen LogP contribution in [0.5, 0.6) is 0 Å². The van der Waals surface area contributed by atoms with Gasteiger partial charge >= 0.3 is 11.9 Å². The van der Waals surface area contributed by atoms with E-state index in [1.165, 1.54) is 12.8 Å². The molecule has 0 heterocycles. The number of rotatable bonds is 13. The summed E-state index contributed by atoms with van der Waals surface area (Å²) >= 11 is 0. The molecule has 0 aromatic rings. The number of hydrogen-bond acceptors (Lipinski definition) is 5. The molecular weight excluding hydrogens is 280 g/mol. The van der Waals surface area contributed by atoms with E-state index in [0.29, 0.717) is 6.42 Å². The van der Waals surface area contributed by atoms with Gasteiger partial charge in [0.25, 0.3) is 0 Å². The minimum atomic E-state index is -2.15. The highest BCUT2D eigenvalue weighted by Crippen LogP contribution is 2.10. The molecule has 0 radical (unpaired) electrons. The summed E-state index contributed by atoms with van der Waals surface area (Å²) in [7, 11) is 0. The minimum Gasteiger partial charge on any atom is -0.479 e. The van der Waals surface area contributed by atoms with Gasteiger partial charge in [0.1, 0.15) is 0 Å². The van der Waals surface area contributed by atoms with Crippen LogP contribution in [0.2, 0.25) is 0 Å². The minimum absolute atomic E-state index is 0.309. The first kappa shape index (κ1) is 19.8. The van der Waals surface area contributed by atoms with E-state index in [1.807, 2.05) is 0 Å². The average molecular weight is 306 g/mol. The van der Waals surface area contributed by atoms with Crippen molar-refractivity contribution < 1.29 is 34.8 Å². The van der Waals surface area contributed by atoms with Crippen LogP contribution in [0, 0.1) is 0 Å². The third-order valence-corrected chi connectivity index (χ3v) is 3.14. The van der Waals surface area contributed by atoms with Crippen molar-refractivity contribution >= 4 is 11.9 Å². The van der Waals surface area contributed by atoms with Gasteiger partial charge in [0.2, 0.25) is 0 Å². The fourth-order valence-electron chi connectivity index (χ4n) is 1.89. The van der Waals surface area contributed by atoms with E-state index < -0.39 is 30.3 Å². The van der Waals surface area contributed by atoms with Crippen molar-refractivity contribution in [2.75, 3.05) is 6.61 Å². The van der Waals surface area contributed by atoms with Gasteiger partial charge in [0.15, 0.2) is 12.2 Å². The molecule has 0 saturated carbocycles. The van der Waals surface area contributed by atoms with E-state index in [4.69, 9.17) is 14.9 Å². The lowest BCUT2D eigenvalue weighted by molar-refractivity contribution is -0.173. The third kappa shape index (κ3) is 9.38. The lowest BCUT2D eigenvalue weighted by Gasteiger charge is -2.18. The third-order valence-electron chi connectivity index (χ3n) is 3.14. The molecule has 0 aromatic heterocycles. The Labute approximate surface area is 124 Å². The molecule has 0 fully saturated rings. The zero-order chi connectivity index (χ0) is 16.3. The molecule has 0 rings (SSSR count). The molecule has 7 nitrogen and oxygen atoms in total. The first-order valence-corrected chi connectivity index (χ1v) is 7.33. The molecule has 124 valence electrons. The van der Waals surface area contributed by atoms with Crippen molar-refractivity contribution in [3.05, 3.63) is 0 Å². The maximum atomic E-state index is 10.8. The van der Waals surface area contributed by atoms with Gasteiger partial charge in [-0.15, -0.1) is 0 Å². The molecular formula is C14H26O7. The first-order valence-electron chi connectivity index (χ1n) is 7.33. The smallest absolute Gasteiger partial charge is 0.336 e. The molecule has 0 aliphatic heterocycles. The van der Waals surface area contributed by atoms with E-state index in [-0.39, 0.29) is 6.61 Å². The number of aliphatic hydroxyl groups excluding tert-OH is 2. The van der Waals surface area contributed by atoms with Crippen molar-refractivity contribution in [3.8, 4) is 0 Å². The summed E-state index contributed by atoms with van der Waals surface area (Å²) in [6, 6.07) is 0. The Bertz CT molecular complexity index is 306. The number of aliphatic carboxylic acids is 2. The van der Waals surface area contributed by atoms with Crippen LogP contribution in [0.4, 0.5) is 0 Å². The van der Waals surface area contributed by atoms with E-state index >= 15 is 0 Å². The quantitative estimate of drug-likeness (QED) is 0.374. The first-order chi connectivity index (χ1) is 9.90. The topological polar surface area (TPSA) is 124 Å². The van der Waals surface area contributed by atoms with Crippen LogP contribution in [-0.2, 0) is 14.3 Å². The summed E-state index contributed by atoms with van der Waals surface area (Å²) in [5.74, 6) is -3.25. The lowest BCUT2D eigenvalue weighted by atomic mass is 10.1. The molecule has 0 saturated heterocycles. The highest BCUT2D eigenvalue weighted by Gasteiger charge is 2.33. The van der Waals surface area contributed by atoms with E-state index in [0.717, 1.165) is 25.7 Å². The van der Waals surface area contributed by atoms with Gasteiger partial charge < -0.3 is 25.2 Å². The molecule has 0 aliphatic carbocycles. The predicted octanol–water partition coefficient (Wildman–Crippen LogP) is 1.01. The van der Waals surface area contributed by atoms with Crippen LogP contribution in [0.25, 0.3) is 0 Å². The van der Waals surface area contributed by atoms with Gasteiger partial charge in [0.05, 0.1) is 12.7 Å². The normalized spacial score (nSPS) is 15.4. The number of aliphatic hydroxyl groups is 2. The summed E-state index contributed by atoms with van der Waals surface area (Å²) in [5.41, 5.74) is 0. The average Bonchev–Trinajstić information content (AvgIpc) is 2.42. The SMILES string of the molecule is CCCCCCCCC(O)COC(C(=O)O)C(O)C(=O)O. The van der Waals surface area contributed by atoms with E-state index in [2.05, 4.69) is 6.92 Å². The monoisotopic (exact) mass is 306 g/mol. The summed E-state index contributed by atoms with van der Waals surface area (Å²) in [5, 5.41) is 36.2. The Morgan fingerprint density at radius 1 is 0.952 bits per heavy atom. The zero-order valence-electron chi connectivity index (χ0n) is 12.4. The molecule has 0 bridgehead atoms. The molecule has 21 heavy (non-hydrogen) atoms. The molecule has 0 aromatic carbocycles. The summed E-state index contributed by atoms with van der Waals surface area (Å²) < 4.78 is 4.80. The Morgan fingerprint density at radius 2 is 1.52 bits per heavy atom. The summed E-state index contributed by atoms with van der Waals surface area (Å²) in [6.07, 6.45) is 1.97. The number of carboxylic acid groups (broad SMARTS) is 2. The lowest BCUT2D eigenvalue weighted by Crippen LogP contribution is -2.43. The van der Waals surface area contributed by atoms with Crippen LogP contribution >= 0.6 is 0 Å². The maximum absolute atomic E-state index is 10.8. The Balaban J connectivity index is 3.90. The molecule has 0 spiro atoms. The summed E-state index contributed by atoms with van der Waals surface area (Å²) in [6.45, 7) is 1.82. The van der Waals surface area contributed by atoms with E-state index in [1.54, 1.807) is 0 Å². The number of carbonyl (C=O) groups is 2. The van der Waals surface area contributed by atoms with Crippen molar-refractivity contribution in [2.45, 2.75) is 70.2 Å². The Kier molecular flexibility index (Phi) is 10.8. The Morgan fingerprint density at radius 3 is 2.05 bits per heavy atom. The molecule has 3 atom stereocenters. The number of carboxylic acids is 2. The standard InChI is InChI=1S/C14H26O7/c1-2-3-4-5-6-7-8-10(15)9-21-12(14(19)20)11(16)13(17)18/h10-12,15-16H,2-9H2,1H3,(H,17,18)(H,19,20). The van der Waals surface area contributed by atoms with E-state index in [9.17, 15) is 19.8 Å². The van der Waals surface area contributed by atoms with Crippen LogP contribution in [-0.4, -0.2) is 57.3 Å². The number of ether oxygens (including phenoxy) is 1. The van der Waals surface area contributed by atoms with Crippen LogP contribution in [0.3, 0.4) is 0 Å². The fourth-order valence-corrected chi connectivity index (χ4v) is 1.89. The molecule has 0 aliphatic rings. The van der Waals surface area contributed by atoms with Crippen molar-refractivity contribution in [3.63, 3.8) is 0 Å². The van der Waals surface area contributed by atoms with Crippen molar-refractivity contribution in [1.82, 2.24) is 0 Å². The van der Waals surface area contributed by atoms with Gasteiger partial charge in [0, 0.05) is 0 Å². The highest BCUT2D eigenvalue weighted by atomic mass is 16.5. The fraction of sp³-hybridized carbons (Fsp3) is 0.857. The van der Waals surface area contributed by atoms with Gasteiger partial charge in [-0.1, -0.05) is 45.4 Å². The zero-order valence-corrected chi connectivity index (χ0v) is 12.4. The van der Waals surface area contributed by atoms with Crippen LogP contribution in [0.1, 0.15) is 51.9 Å². The van der Waals surface area contributed by atoms with Gasteiger partial charge in [-0.2, -0.15) is 0 Å². The number of unbranched alkanes of at least 4 members (excludes halogenated alkanes) is 5. The second-order valence-corrected chi connectivity index (χ2v) is 5.09. The second kappa shape index (κ2) is 11.5. The summed E-state index contributed by atoms with van der Waals surface area (Å²) in [4.78, 5) is 21.3. The molecule has 7 heteroatoms.